The molecule has 2 amide bonds. The maximum Gasteiger partial charge on any atom is 0.265 e. The number of anilines is 2. The van der Waals surface area contributed by atoms with E-state index < -0.39 is 0 Å². The van der Waals surface area contributed by atoms with Gasteiger partial charge >= 0.3 is 0 Å². The summed E-state index contributed by atoms with van der Waals surface area (Å²) in [5, 5.41) is 16.3. The van der Waals surface area contributed by atoms with Crippen LogP contribution in [0.15, 0.2) is 71.5 Å². The second-order valence-corrected chi connectivity index (χ2v) is 8.99. The van der Waals surface area contributed by atoms with Crippen LogP contribution in [0.4, 0.5) is 11.4 Å². The van der Waals surface area contributed by atoms with Crippen LogP contribution < -0.4 is 10.6 Å². The molecule has 32 heavy (non-hydrogen) atoms. The molecule has 4 rings (SSSR count). The number of aromatic nitrogens is 3. The highest BCUT2D eigenvalue weighted by Gasteiger charge is 2.12. The van der Waals surface area contributed by atoms with Crippen molar-refractivity contribution in [2.45, 2.75) is 19.0 Å². The van der Waals surface area contributed by atoms with Crippen LogP contribution >= 0.6 is 23.1 Å². The van der Waals surface area contributed by atoms with Crippen LogP contribution in [0.2, 0.25) is 0 Å². The van der Waals surface area contributed by atoms with Crippen molar-refractivity contribution in [1.82, 2.24) is 14.8 Å². The zero-order valence-electron chi connectivity index (χ0n) is 17.5. The van der Waals surface area contributed by atoms with E-state index in [0.717, 1.165) is 5.69 Å². The maximum absolute atomic E-state index is 12.5. The topological polar surface area (TPSA) is 88.9 Å². The summed E-state index contributed by atoms with van der Waals surface area (Å²) in [6.45, 7) is 4.12. The number of nitrogens with one attached hydrogen (secondary N) is 2. The van der Waals surface area contributed by atoms with Crippen molar-refractivity contribution in [3.8, 4) is 5.69 Å². The minimum atomic E-state index is -0.176. The summed E-state index contributed by atoms with van der Waals surface area (Å²) in [5.74, 6) is -0.175. The highest BCUT2D eigenvalue weighted by molar-refractivity contribution is 7.99. The van der Waals surface area contributed by atoms with Crippen molar-refractivity contribution in [3.05, 3.63) is 82.3 Å². The molecular formula is C23H21N5O2S2. The third-order valence-corrected chi connectivity index (χ3v) is 6.58. The highest BCUT2D eigenvalue weighted by atomic mass is 32.2. The summed E-state index contributed by atoms with van der Waals surface area (Å²) in [6, 6.07) is 16.8. The number of benzene rings is 2. The number of aryl methyl sites for hydroxylation is 2. The number of amides is 2. The maximum atomic E-state index is 12.5. The molecule has 0 spiro atoms. The minimum Gasteiger partial charge on any atom is -0.325 e. The van der Waals surface area contributed by atoms with Crippen molar-refractivity contribution < 1.29 is 9.59 Å². The van der Waals surface area contributed by atoms with Crippen LogP contribution in [0.1, 0.15) is 20.8 Å². The average Bonchev–Trinajstić information content (AvgIpc) is 3.47. The molecule has 0 unspecified atom stereocenters. The third kappa shape index (κ3) is 5.24. The Morgan fingerprint density at radius 3 is 2.56 bits per heavy atom. The predicted octanol–water partition coefficient (Wildman–Crippen LogP) is 4.93. The molecule has 4 aromatic rings. The standard InChI is InChI=1S/C23H21N5O2S2/c1-15-8-9-19(11-16(15)2)28-14-24-27-23(28)32-13-21(29)25-17-5-3-6-18(12-17)26-22(30)20-7-4-10-31-20/h3-12,14H,13H2,1-2H3,(H,25,29)(H,26,30). The first-order chi connectivity index (χ1) is 15.5. The molecule has 2 aromatic carbocycles. The van der Waals surface area contributed by atoms with Gasteiger partial charge in [-0.2, -0.15) is 0 Å². The first-order valence-electron chi connectivity index (χ1n) is 9.85. The Kier molecular flexibility index (Phi) is 6.67. The number of thioether (sulfide) groups is 1. The lowest BCUT2D eigenvalue weighted by atomic mass is 10.1. The van der Waals surface area contributed by atoms with Gasteiger partial charge in [0.1, 0.15) is 6.33 Å². The molecule has 7 nitrogen and oxygen atoms in total. The van der Waals surface area contributed by atoms with E-state index in [-0.39, 0.29) is 17.6 Å². The second kappa shape index (κ2) is 9.80. The van der Waals surface area contributed by atoms with Gasteiger partial charge in [0.05, 0.1) is 10.6 Å². The van der Waals surface area contributed by atoms with E-state index in [0.29, 0.717) is 21.4 Å². The first kappa shape index (κ1) is 21.8. The lowest BCUT2D eigenvalue weighted by Crippen LogP contribution is -2.15. The number of carbonyl (C=O) groups excluding carboxylic acids is 2. The summed E-state index contributed by atoms with van der Waals surface area (Å²) in [7, 11) is 0. The predicted molar refractivity (Wildman–Crippen MR) is 129 cm³/mol. The lowest BCUT2D eigenvalue weighted by Gasteiger charge is -2.10. The number of hydrogen-bond acceptors (Lipinski definition) is 6. The van der Waals surface area contributed by atoms with Crippen LogP contribution in [0, 0.1) is 13.8 Å². The van der Waals surface area contributed by atoms with Gasteiger partial charge in [0, 0.05) is 17.1 Å². The minimum absolute atomic E-state index is 0.175. The fourth-order valence-electron chi connectivity index (χ4n) is 2.98. The van der Waals surface area contributed by atoms with Gasteiger partial charge in [0.15, 0.2) is 5.16 Å². The van der Waals surface area contributed by atoms with Crippen LogP contribution in [-0.2, 0) is 4.79 Å². The van der Waals surface area contributed by atoms with E-state index in [1.165, 1.54) is 34.2 Å². The van der Waals surface area contributed by atoms with E-state index in [1.54, 1.807) is 36.7 Å². The van der Waals surface area contributed by atoms with Gasteiger partial charge in [-0.1, -0.05) is 30.0 Å². The van der Waals surface area contributed by atoms with Gasteiger partial charge in [0.25, 0.3) is 5.91 Å². The van der Waals surface area contributed by atoms with Gasteiger partial charge in [-0.3, -0.25) is 14.2 Å². The Bertz CT molecular complexity index is 1250. The van der Waals surface area contributed by atoms with Crippen LogP contribution in [0.25, 0.3) is 5.69 Å². The van der Waals surface area contributed by atoms with Crippen molar-refractivity contribution in [1.29, 1.82) is 0 Å². The molecule has 0 radical (unpaired) electrons. The van der Waals surface area contributed by atoms with Gasteiger partial charge in [-0.25, -0.2) is 0 Å². The van der Waals surface area contributed by atoms with Crippen molar-refractivity contribution in [3.63, 3.8) is 0 Å². The molecule has 2 heterocycles. The molecule has 0 aliphatic rings. The Labute approximate surface area is 193 Å². The number of thiophene rings is 1. The summed E-state index contributed by atoms with van der Waals surface area (Å²) < 4.78 is 1.87. The molecule has 2 N–H and O–H groups in total. The molecule has 0 saturated carbocycles. The molecule has 0 aliphatic heterocycles. The summed E-state index contributed by atoms with van der Waals surface area (Å²) >= 11 is 2.68. The van der Waals surface area contributed by atoms with E-state index in [9.17, 15) is 9.59 Å². The Balaban J connectivity index is 1.36. The fourth-order valence-corrected chi connectivity index (χ4v) is 4.33. The van der Waals surface area contributed by atoms with Gasteiger partial charge in [-0.05, 0) is 66.8 Å². The number of rotatable bonds is 7. The van der Waals surface area contributed by atoms with E-state index in [4.69, 9.17) is 0 Å². The largest absolute Gasteiger partial charge is 0.325 e. The molecule has 162 valence electrons. The summed E-state index contributed by atoms with van der Waals surface area (Å²) in [4.78, 5) is 25.4. The van der Waals surface area contributed by atoms with E-state index in [1.807, 2.05) is 22.1 Å². The molecule has 0 saturated heterocycles. The quantitative estimate of drug-likeness (QED) is 0.380. The van der Waals surface area contributed by atoms with Crippen LogP contribution in [-0.4, -0.2) is 32.3 Å². The van der Waals surface area contributed by atoms with Crippen molar-refractivity contribution in [2.24, 2.45) is 0 Å². The number of carbonyl (C=O) groups is 2. The Morgan fingerprint density at radius 2 is 1.81 bits per heavy atom. The number of hydrogen-bond donors (Lipinski definition) is 2. The molecular weight excluding hydrogens is 442 g/mol. The van der Waals surface area contributed by atoms with E-state index >= 15 is 0 Å². The van der Waals surface area contributed by atoms with Gasteiger partial charge in [0.2, 0.25) is 5.91 Å². The lowest BCUT2D eigenvalue weighted by molar-refractivity contribution is -0.113. The Hall–Kier alpha value is -3.43. The normalized spacial score (nSPS) is 10.7. The molecule has 2 aromatic heterocycles. The van der Waals surface area contributed by atoms with Crippen LogP contribution in [0.3, 0.4) is 0 Å². The highest BCUT2D eigenvalue weighted by Crippen LogP contribution is 2.22. The second-order valence-electron chi connectivity index (χ2n) is 7.10. The van der Waals surface area contributed by atoms with Gasteiger partial charge < -0.3 is 10.6 Å². The zero-order chi connectivity index (χ0) is 22.5. The van der Waals surface area contributed by atoms with Crippen molar-refractivity contribution in [2.75, 3.05) is 16.4 Å². The third-order valence-electron chi connectivity index (χ3n) is 4.77. The molecule has 0 fully saturated rings. The summed E-state index contributed by atoms with van der Waals surface area (Å²) in [6.07, 6.45) is 1.64. The number of nitrogens with zero attached hydrogens (tertiary/aromatic N) is 3. The monoisotopic (exact) mass is 463 g/mol. The molecule has 0 aliphatic carbocycles. The SMILES string of the molecule is Cc1ccc(-n2cnnc2SCC(=O)Nc2cccc(NC(=O)c3cccs3)c2)cc1C. The van der Waals surface area contributed by atoms with Gasteiger partial charge in [-0.15, -0.1) is 21.5 Å². The van der Waals surface area contributed by atoms with Crippen LogP contribution in [0.5, 0.6) is 0 Å². The van der Waals surface area contributed by atoms with Crippen molar-refractivity contribution >= 4 is 46.3 Å². The summed E-state index contributed by atoms with van der Waals surface area (Å²) in [5.41, 5.74) is 4.56. The average molecular weight is 464 g/mol. The first-order valence-corrected chi connectivity index (χ1v) is 11.7. The Morgan fingerprint density at radius 1 is 1.00 bits per heavy atom. The van der Waals surface area contributed by atoms with E-state index in [2.05, 4.69) is 46.8 Å². The molecule has 0 bridgehead atoms. The smallest absolute Gasteiger partial charge is 0.265 e. The molecule has 9 heteroatoms. The molecule has 0 atom stereocenters. The fraction of sp³-hybridized carbons (Fsp3) is 0.130. The zero-order valence-corrected chi connectivity index (χ0v) is 19.2.